The molecule has 0 spiro atoms. The molecule has 0 saturated carbocycles. The summed E-state index contributed by atoms with van der Waals surface area (Å²) in [6, 6.07) is 0. The molecule has 0 aliphatic carbocycles. The van der Waals surface area contributed by atoms with Crippen molar-refractivity contribution >= 4 is 29.2 Å². The molecule has 0 fully saturated rings. The van der Waals surface area contributed by atoms with Gasteiger partial charge in [0.2, 0.25) is 4.84 Å². The summed E-state index contributed by atoms with van der Waals surface area (Å²) in [4.78, 5) is 10.1. The molecule has 0 aliphatic rings. The Kier molecular flexibility index (Phi) is 15.0. The number of rotatable bonds is 14. The van der Waals surface area contributed by atoms with E-state index in [4.69, 9.17) is 27.9 Å². The predicted molar refractivity (Wildman–Crippen MR) is 92.1 cm³/mol. The lowest BCUT2D eigenvalue weighted by molar-refractivity contribution is -0.146. The van der Waals surface area contributed by atoms with E-state index in [1.54, 1.807) is 0 Å². The summed E-state index contributed by atoms with van der Waals surface area (Å²) < 4.78 is 5.10. The smallest absolute Gasteiger partial charge is 0.339 e. The maximum atomic E-state index is 11.2. The van der Waals surface area contributed by atoms with E-state index >= 15 is 0 Å². The molecular formula is C17H32Cl2O2. The van der Waals surface area contributed by atoms with Crippen LogP contribution < -0.4 is 0 Å². The summed E-state index contributed by atoms with van der Waals surface area (Å²) in [5, 5.41) is 0. The molecule has 4 heteroatoms. The Morgan fingerprint density at radius 1 is 0.857 bits per heavy atom. The van der Waals surface area contributed by atoms with Crippen LogP contribution in [0.25, 0.3) is 0 Å². The lowest BCUT2D eigenvalue weighted by Gasteiger charge is -2.13. The largest absolute Gasteiger partial charge is 0.461 e. The fourth-order valence-electron chi connectivity index (χ4n) is 2.40. The van der Waals surface area contributed by atoms with Crippen molar-refractivity contribution in [1.82, 2.24) is 0 Å². The first kappa shape index (κ1) is 21.0. The quantitative estimate of drug-likeness (QED) is 0.207. The Morgan fingerprint density at radius 2 is 1.29 bits per heavy atom. The minimum Gasteiger partial charge on any atom is -0.461 e. The second-order valence-corrected chi connectivity index (χ2v) is 6.97. The van der Waals surface area contributed by atoms with Crippen LogP contribution in [0.5, 0.6) is 0 Å². The fourth-order valence-corrected chi connectivity index (χ4v) is 2.51. The van der Waals surface area contributed by atoms with Gasteiger partial charge in [-0.3, -0.25) is 0 Å². The van der Waals surface area contributed by atoms with Gasteiger partial charge in [-0.05, 0) is 19.8 Å². The second kappa shape index (κ2) is 15.0. The van der Waals surface area contributed by atoms with Crippen LogP contribution in [0.4, 0.5) is 0 Å². The molecule has 0 rings (SSSR count). The van der Waals surface area contributed by atoms with Crippen molar-refractivity contribution in [3.63, 3.8) is 0 Å². The summed E-state index contributed by atoms with van der Waals surface area (Å²) >= 11 is 10.9. The van der Waals surface area contributed by atoms with E-state index in [1.807, 2.05) is 6.92 Å². The Labute approximate surface area is 140 Å². The molecule has 0 N–H and O–H groups in total. The number of hydrogen-bond donors (Lipinski definition) is 0. The van der Waals surface area contributed by atoms with E-state index in [9.17, 15) is 4.79 Å². The normalized spacial score (nSPS) is 12.6. The molecular weight excluding hydrogens is 307 g/mol. The third-order valence-corrected chi connectivity index (χ3v) is 4.07. The number of hydrogen-bond acceptors (Lipinski definition) is 2. The van der Waals surface area contributed by atoms with Gasteiger partial charge in [-0.15, -0.1) is 0 Å². The van der Waals surface area contributed by atoms with Gasteiger partial charge in [-0.2, -0.15) is 0 Å². The van der Waals surface area contributed by atoms with E-state index in [0.717, 1.165) is 12.8 Å². The average Bonchev–Trinajstić information content (AvgIpc) is 2.44. The number of alkyl halides is 2. The summed E-state index contributed by atoms with van der Waals surface area (Å²) in [6.07, 6.45) is 15.4. The van der Waals surface area contributed by atoms with Crippen LogP contribution >= 0.6 is 23.2 Å². The number of esters is 1. The highest BCUT2D eigenvalue weighted by atomic mass is 35.5. The molecule has 0 aliphatic heterocycles. The van der Waals surface area contributed by atoms with Crippen LogP contribution in [-0.2, 0) is 9.53 Å². The highest BCUT2D eigenvalue weighted by Gasteiger charge is 2.16. The zero-order valence-corrected chi connectivity index (χ0v) is 15.2. The van der Waals surface area contributed by atoms with E-state index in [2.05, 4.69) is 6.92 Å². The van der Waals surface area contributed by atoms with Crippen molar-refractivity contribution in [3.8, 4) is 0 Å². The van der Waals surface area contributed by atoms with Crippen molar-refractivity contribution in [1.29, 1.82) is 0 Å². The molecule has 0 heterocycles. The van der Waals surface area contributed by atoms with Gasteiger partial charge in [-0.1, -0.05) is 94.3 Å². The van der Waals surface area contributed by atoms with Gasteiger partial charge in [-0.25, -0.2) is 4.79 Å². The Morgan fingerprint density at radius 3 is 1.71 bits per heavy atom. The standard InChI is InChI=1S/C17H32Cl2O2/c1-3-4-5-6-7-8-9-10-11-12-13-14-15(2)21-17(20)16(18)19/h15-16H,3-14H2,1-2H3. The van der Waals surface area contributed by atoms with Crippen molar-refractivity contribution < 1.29 is 9.53 Å². The van der Waals surface area contributed by atoms with Crippen LogP contribution in [0, 0.1) is 0 Å². The van der Waals surface area contributed by atoms with Crippen molar-refractivity contribution in [3.05, 3.63) is 0 Å². The van der Waals surface area contributed by atoms with Gasteiger partial charge in [0.05, 0.1) is 6.10 Å². The number of halogens is 2. The summed E-state index contributed by atoms with van der Waals surface area (Å²) in [5.74, 6) is -0.533. The van der Waals surface area contributed by atoms with E-state index in [1.165, 1.54) is 64.2 Å². The molecule has 1 atom stereocenters. The SMILES string of the molecule is CCCCCCCCCCCCCC(C)OC(=O)C(Cl)Cl. The molecule has 2 nitrogen and oxygen atoms in total. The Bertz CT molecular complexity index is 245. The average molecular weight is 339 g/mol. The molecule has 0 bridgehead atoms. The molecule has 0 aromatic heterocycles. The highest BCUT2D eigenvalue weighted by molar-refractivity contribution is 6.52. The predicted octanol–water partition coefficient (Wildman–Crippen LogP) is 6.42. The van der Waals surface area contributed by atoms with E-state index in [-0.39, 0.29) is 6.10 Å². The van der Waals surface area contributed by atoms with E-state index < -0.39 is 10.8 Å². The third kappa shape index (κ3) is 14.7. The number of ether oxygens (including phenoxy) is 1. The van der Waals surface area contributed by atoms with Gasteiger partial charge >= 0.3 is 5.97 Å². The molecule has 0 radical (unpaired) electrons. The maximum absolute atomic E-state index is 11.2. The van der Waals surface area contributed by atoms with Crippen molar-refractivity contribution in [2.45, 2.75) is 102 Å². The van der Waals surface area contributed by atoms with Gasteiger partial charge in [0.25, 0.3) is 0 Å². The molecule has 0 aromatic rings. The first-order valence-corrected chi connectivity index (χ1v) is 9.43. The van der Waals surface area contributed by atoms with Crippen molar-refractivity contribution in [2.24, 2.45) is 0 Å². The maximum Gasteiger partial charge on any atom is 0.339 e. The lowest BCUT2D eigenvalue weighted by Crippen LogP contribution is -2.19. The Hall–Kier alpha value is 0.0500. The van der Waals surface area contributed by atoms with E-state index in [0.29, 0.717) is 0 Å². The monoisotopic (exact) mass is 338 g/mol. The van der Waals surface area contributed by atoms with Gasteiger partial charge in [0, 0.05) is 0 Å². The van der Waals surface area contributed by atoms with Crippen molar-refractivity contribution in [2.75, 3.05) is 0 Å². The lowest BCUT2D eigenvalue weighted by atomic mass is 10.0. The summed E-state index contributed by atoms with van der Waals surface area (Å²) in [6.45, 7) is 4.15. The zero-order chi connectivity index (χ0) is 15.9. The topological polar surface area (TPSA) is 26.3 Å². The number of carbonyl (C=O) groups is 1. The molecule has 0 saturated heterocycles. The highest BCUT2D eigenvalue weighted by Crippen LogP contribution is 2.14. The molecule has 21 heavy (non-hydrogen) atoms. The fraction of sp³-hybridized carbons (Fsp3) is 0.941. The minimum atomic E-state index is -1.07. The van der Waals surface area contributed by atoms with Crippen LogP contribution in [0.2, 0.25) is 0 Å². The van der Waals surface area contributed by atoms with Crippen LogP contribution in [0.1, 0.15) is 90.9 Å². The number of carbonyl (C=O) groups excluding carboxylic acids is 1. The first-order chi connectivity index (χ1) is 10.1. The molecule has 0 amide bonds. The minimum absolute atomic E-state index is 0.0870. The second-order valence-electron chi connectivity index (χ2n) is 5.87. The van der Waals surface area contributed by atoms with Gasteiger partial charge in [0.1, 0.15) is 0 Å². The first-order valence-electron chi connectivity index (χ1n) is 8.56. The van der Waals surface area contributed by atoms with Crippen LogP contribution in [0.3, 0.4) is 0 Å². The number of unbranched alkanes of at least 4 members (excludes halogenated alkanes) is 10. The zero-order valence-electron chi connectivity index (χ0n) is 13.7. The molecule has 126 valence electrons. The molecule has 0 aromatic carbocycles. The summed E-state index contributed by atoms with van der Waals surface area (Å²) in [5.41, 5.74) is 0. The van der Waals surface area contributed by atoms with Crippen LogP contribution in [0.15, 0.2) is 0 Å². The van der Waals surface area contributed by atoms with Gasteiger partial charge in [0.15, 0.2) is 0 Å². The third-order valence-electron chi connectivity index (χ3n) is 3.71. The Balaban J connectivity index is 3.23. The summed E-state index contributed by atoms with van der Waals surface area (Å²) in [7, 11) is 0. The van der Waals surface area contributed by atoms with Crippen LogP contribution in [-0.4, -0.2) is 16.9 Å². The molecule has 1 unspecified atom stereocenters. The van der Waals surface area contributed by atoms with Gasteiger partial charge < -0.3 is 4.74 Å².